The van der Waals surface area contributed by atoms with Crippen molar-refractivity contribution in [1.29, 1.82) is 0 Å². The highest BCUT2D eigenvalue weighted by atomic mass is 32.1. The SMILES string of the molecule is CC(C)Cc1cc(C(=O)N(Cc2ccco2)Cc2cccs2)n[nH]1. The third-order valence-corrected chi connectivity index (χ3v) is 4.48. The van der Waals surface area contributed by atoms with Crippen LogP contribution in [0, 0.1) is 5.92 Å². The van der Waals surface area contributed by atoms with E-state index in [0.29, 0.717) is 24.7 Å². The van der Waals surface area contributed by atoms with E-state index in [0.717, 1.165) is 22.8 Å². The van der Waals surface area contributed by atoms with E-state index in [1.807, 2.05) is 35.7 Å². The van der Waals surface area contributed by atoms with Gasteiger partial charge in [-0.2, -0.15) is 5.10 Å². The maximum absolute atomic E-state index is 12.9. The predicted octanol–water partition coefficient (Wildman–Crippen LogP) is 4.11. The third-order valence-electron chi connectivity index (χ3n) is 3.62. The van der Waals surface area contributed by atoms with Gasteiger partial charge in [-0.3, -0.25) is 9.89 Å². The van der Waals surface area contributed by atoms with Crippen molar-refractivity contribution in [3.05, 3.63) is 64.0 Å². The summed E-state index contributed by atoms with van der Waals surface area (Å²) >= 11 is 1.64. The molecule has 0 aromatic carbocycles. The molecule has 3 aromatic heterocycles. The highest BCUT2D eigenvalue weighted by Gasteiger charge is 2.21. The fraction of sp³-hybridized carbons (Fsp3) is 0.333. The molecule has 0 saturated carbocycles. The lowest BCUT2D eigenvalue weighted by Crippen LogP contribution is -2.30. The van der Waals surface area contributed by atoms with Crippen molar-refractivity contribution >= 4 is 17.2 Å². The fourth-order valence-electron chi connectivity index (χ4n) is 2.56. The van der Waals surface area contributed by atoms with E-state index in [1.54, 1.807) is 22.5 Å². The summed E-state index contributed by atoms with van der Waals surface area (Å²) < 4.78 is 5.41. The molecule has 0 atom stereocenters. The lowest BCUT2D eigenvalue weighted by atomic mass is 10.1. The minimum absolute atomic E-state index is 0.0916. The van der Waals surface area contributed by atoms with E-state index in [9.17, 15) is 4.79 Å². The van der Waals surface area contributed by atoms with Crippen LogP contribution < -0.4 is 0 Å². The van der Waals surface area contributed by atoms with Crippen molar-refractivity contribution in [2.24, 2.45) is 5.92 Å². The van der Waals surface area contributed by atoms with Crippen molar-refractivity contribution in [3.8, 4) is 0 Å². The normalized spacial score (nSPS) is 11.1. The Balaban J connectivity index is 1.78. The van der Waals surface area contributed by atoms with Crippen LogP contribution in [-0.2, 0) is 19.5 Å². The van der Waals surface area contributed by atoms with Gasteiger partial charge < -0.3 is 9.32 Å². The molecule has 0 aliphatic carbocycles. The number of rotatable bonds is 7. The van der Waals surface area contributed by atoms with E-state index in [1.165, 1.54) is 0 Å². The number of furan rings is 1. The monoisotopic (exact) mass is 343 g/mol. The Morgan fingerprint density at radius 2 is 2.21 bits per heavy atom. The van der Waals surface area contributed by atoms with Crippen LogP contribution in [0.1, 0.15) is 40.7 Å². The number of nitrogens with zero attached hydrogens (tertiary/aromatic N) is 2. The minimum Gasteiger partial charge on any atom is -0.467 e. The molecule has 0 aliphatic heterocycles. The number of hydrogen-bond donors (Lipinski definition) is 1. The highest BCUT2D eigenvalue weighted by molar-refractivity contribution is 7.09. The molecule has 6 heteroatoms. The average Bonchev–Trinajstić information content (AvgIpc) is 3.27. The standard InChI is InChI=1S/C18H21N3O2S/c1-13(2)9-14-10-17(20-19-14)18(22)21(11-15-5-3-7-23-15)12-16-6-4-8-24-16/h3-8,10,13H,9,11-12H2,1-2H3,(H,19,20). The van der Waals surface area contributed by atoms with Crippen LogP contribution in [0.5, 0.6) is 0 Å². The number of carbonyl (C=O) groups is 1. The molecule has 0 radical (unpaired) electrons. The van der Waals surface area contributed by atoms with Gasteiger partial charge in [0.1, 0.15) is 11.5 Å². The zero-order valence-corrected chi connectivity index (χ0v) is 14.7. The number of aromatic nitrogens is 2. The number of aromatic amines is 1. The Morgan fingerprint density at radius 1 is 1.33 bits per heavy atom. The van der Waals surface area contributed by atoms with Crippen LogP contribution in [0.25, 0.3) is 0 Å². The first-order valence-electron chi connectivity index (χ1n) is 8.00. The molecule has 24 heavy (non-hydrogen) atoms. The summed E-state index contributed by atoms with van der Waals surface area (Å²) in [5.41, 5.74) is 1.44. The van der Waals surface area contributed by atoms with Crippen molar-refractivity contribution in [1.82, 2.24) is 15.1 Å². The summed E-state index contributed by atoms with van der Waals surface area (Å²) in [5, 5.41) is 9.19. The number of nitrogens with one attached hydrogen (secondary N) is 1. The first-order chi connectivity index (χ1) is 11.6. The molecule has 0 saturated heterocycles. The van der Waals surface area contributed by atoms with Crippen LogP contribution in [0.2, 0.25) is 0 Å². The molecule has 3 aromatic rings. The summed E-state index contributed by atoms with van der Waals surface area (Å²) in [6, 6.07) is 9.58. The minimum atomic E-state index is -0.0916. The first kappa shape index (κ1) is 16.5. The van der Waals surface area contributed by atoms with Crippen LogP contribution in [0.3, 0.4) is 0 Å². The molecule has 1 amide bonds. The van der Waals surface area contributed by atoms with Gasteiger partial charge in [-0.05, 0) is 42.0 Å². The number of H-pyrrole nitrogens is 1. The van der Waals surface area contributed by atoms with Crippen LogP contribution in [-0.4, -0.2) is 21.0 Å². The Morgan fingerprint density at radius 3 is 2.88 bits per heavy atom. The van der Waals surface area contributed by atoms with E-state index in [4.69, 9.17) is 4.42 Å². The lowest BCUT2D eigenvalue weighted by molar-refractivity contribution is 0.0713. The molecular weight excluding hydrogens is 322 g/mol. The molecule has 0 spiro atoms. The number of amides is 1. The summed E-state index contributed by atoms with van der Waals surface area (Å²) in [4.78, 5) is 15.8. The Labute approximate surface area is 145 Å². The zero-order valence-electron chi connectivity index (χ0n) is 13.9. The molecule has 0 bridgehead atoms. The third kappa shape index (κ3) is 4.14. The molecule has 0 aliphatic rings. The Kier molecular flexibility index (Phi) is 5.15. The molecule has 0 fully saturated rings. The fourth-order valence-corrected chi connectivity index (χ4v) is 3.28. The second kappa shape index (κ2) is 7.49. The summed E-state index contributed by atoms with van der Waals surface area (Å²) in [6.45, 7) is 5.25. The number of thiophene rings is 1. The maximum atomic E-state index is 12.9. The highest BCUT2D eigenvalue weighted by Crippen LogP contribution is 2.17. The van der Waals surface area contributed by atoms with Gasteiger partial charge >= 0.3 is 0 Å². The van der Waals surface area contributed by atoms with Gasteiger partial charge in [-0.25, -0.2) is 0 Å². The van der Waals surface area contributed by atoms with E-state index in [-0.39, 0.29) is 5.91 Å². The van der Waals surface area contributed by atoms with Crippen LogP contribution in [0.15, 0.2) is 46.4 Å². The lowest BCUT2D eigenvalue weighted by Gasteiger charge is -2.20. The van der Waals surface area contributed by atoms with Gasteiger partial charge in [0, 0.05) is 10.6 Å². The largest absolute Gasteiger partial charge is 0.467 e. The van der Waals surface area contributed by atoms with Gasteiger partial charge in [0.2, 0.25) is 0 Å². The smallest absolute Gasteiger partial charge is 0.275 e. The maximum Gasteiger partial charge on any atom is 0.275 e. The van der Waals surface area contributed by atoms with Crippen molar-refractivity contribution < 1.29 is 9.21 Å². The molecule has 1 N–H and O–H groups in total. The molecule has 3 heterocycles. The predicted molar refractivity (Wildman–Crippen MR) is 93.7 cm³/mol. The van der Waals surface area contributed by atoms with Crippen molar-refractivity contribution in [2.75, 3.05) is 0 Å². The molecular formula is C18H21N3O2S. The van der Waals surface area contributed by atoms with Gasteiger partial charge in [0.05, 0.1) is 19.4 Å². The van der Waals surface area contributed by atoms with Crippen LogP contribution >= 0.6 is 11.3 Å². The van der Waals surface area contributed by atoms with E-state index in [2.05, 4.69) is 24.0 Å². The zero-order chi connectivity index (χ0) is 16.9. The summed E-state index contributed by atoms with van der Waals surface area (Å²) in [6.07, 6.45) is 2.50. The van der Waals surface area contributed by atoms with Gasteiger partial charge in [0.15, 0.2) is 0 Å². The molecule has 126 valence electrons. The van der Waals surface area contributed by atoms with Gasteiger partial charge in [-0.15, -0.1) is 11.3 Å². The molecule has 0 unspecified atom stereocenters. The molecule has 3 rings (SSSR count). The average molecular weight is 343 g/mol. The Bertz CT molecular complexity index is 724. The molecule has 5 nitrogen and oxygen atoms in total. The second-order valence-electron chi connectivity index (χ2n) is 6.20. The van der Waals surface area contributed by atoms with Gasteiger partial charge in [0.25, 0.3) is 5.91 Å². The second-order valence-corrected chi connectivity index (χ2v) is 7.23. The Hall–Kier alpha value is -2.34. The summed E-state index contributed by atoms with van der Waals surface area (Å²) in [7, 11) is 0. The van der Waals surface area contributed by atoms with Crippen molar-refractivity contribution in [2.45, 2.75) is 33.4 Å². The summed E-state index contributed by atoms with van der Waals surface area (Å²) in [5.74, 6) is 1.18. The van der Waals surface area contributed by atoms with Crippen molar-refractivity contribution in [3.63, 3.8) is 0 Å². The van der Waals surface area contributed by atoms with Crippen LogP contribution in [0.4, 0.5) is 0 Å². The number of hydrogen-bond acceptors (Lipinski definition) is 4. The van der Waals surface area contributed by atoms with E-state index < -0.39 is 0 Å². The first-order valence-corrected chi connectivity index (χ1v) is 8.88. The van der Waals surface area contributed by atoms with Gasteiger partial charge in [-0.1, -0.05) is 19.9 Å². The topological polar surface area (TPSA) is 62.1 Å². The number of carbonyl (C=O) groups excluding carboxylic acids is 1. The quantitative estimate of drug-likeness (QED) is 0.702. The van der Waals surface area contributed by atoms with E-state index >= 15 is 0 Å².